The van der Waals surface area contributed by atoms with Crippen molar-refractivity contribution in [1.29, 1.82) is 0 Å². The van der Waals surface area contributed by atoms with Crippen LogP contribution in [0.5, 0.6) is 0 Å². The van der Waals surface area contributed by atoms with Crippen molar-refractivity contribution in [3.63, 3.8) is 0 Å². The maximum absolute atomic E-state index is 11.9. The van der Waals surface area contributed by atoms with Gasteiger partial charge in [0.1, 0.15) is 0 Å². The van der Waals surface area contributed by atoms with Gasteiger partial charge in [0.25, 0.3) is 0 Å². The Morgan fingerprint density at radius 3 is 2.35 bits per heavy atom. The van der Waals surface area contributed by atoms with E-state index in [0.717, 1.165) is 10.5 Å². The number of likely N-dealkylation sites (N-methyl/N-ethyl adjacent to an activating group) is 1. The van der Waals surface area contributed by atoms with Crippen LogP contribution in [0.2, 0.25) is 0 Å². The summed E-state index contributed by atoms with van der Waals surface area (Å²) in [4.78, 5) is 14.3. The van der Waals surface area contributed by atoms with Crippen LogP contribution in [-0.4, -0.2) is 35.1 Å². The van der Waals surface area contributed by atoms with Crippen molar-refractivity contribution in [3.05, 3.63) is 29.8 Å². The molecule has 0 aliphatic rings. The molecule has 1 aromatic carbocycles. The van der Waals surface area contributed by atoms with E-state index < -0.39 is 5.60 Å². The van der Waals surface area contributed by atoms with E-state index in [-0.39, 0.29) is 5.91 Å². The first-order valence-corrected chi connectivity index (χ1v) is 5.97. The van der Waals surface area contributed by atoms with Crippen LogP contribution in [0.3, 0.4) is 0 Å². The quantitative estimate of drug-likeness (QED) is 0.803. The smallest absolute Gasteiger partial charge is 0.226 e. The lowest BCUT2D eigenvalue weighted by Crippen LogP contribution is -2.40. The Bertz CT molecular complexity index is 381. The zero-order valence-electron chi connectivity index (χ0n) is 10.5. The maximum Gasteiger partial charge on any atom is 0.226 e. The van der Waals surface area contributed by atoms with Crippen LogP contribution in [0, 0.1) is 0 Å². The summed E-state index contributed by atoms with van der Waals surface area (Å²) in [6, 6.07) is 7.50. The summed E-state index contributed by atoms with van der Waals surface area (Å²) >= 11 is 4.19. The molecule has 0 aromatic heterocycles. The van der Waals surface area contributed by atoms with E-state index >= 15 is 0 Å². The SMILES string of the molecule is CN(CC(C)(C)O)C(=O)Cc1ccc(S)cc1. The lowest BCUT2D eigenvalue weighted by Gasteiger charge is -2.25. The normalized spacial score (nSPS) is 11.4. The number of carbonyl (C=O) groups is 1. The molecule has 0 saturated carbocycles. The number of hydrogen-bond acceptors (Lipinski definition) is 3. The van der Waals surface area contributed by atoms with E-state index in [2.05, 4.69) is 12.6 Å². The van der Waals surface area contributed by atoms with Crippen LogP contribution < -0.4 is 0 Å². The first kappa shape index (κ1) is 14.1. The minimum Gasteiger partial charge on any atom is -0.389 e. The standard InChI is InChI=1S/C13H19NO2S/c1-13(2,16)9-14(3)12(15)8-10-4-6-11(17)7-5-10/h4-7,16-17H,8-9H2,1-3H3. The van der Waals surface area contributed by atoms with Crippen molar-refractivity contribution >= 4 is 18.5 Å². The zero-order chi connectivity index (χ0) is 13.1. The van der Waals surface area contributed by atoms with Crippen LogP contribution in [0.15, 0.2) is 29.2 Å². The summed E-state index contributed by atoms with van der Waals surface area (Å²) in [5.74, 6) is -0.000890. The van der Waals surface area contributed by atoms with Crippen molar-refractivity contribution in [2.75, 3.05) is 13.6 Å². The van der Waals surface area contributed by atoms with Crippen LogP contribution in [0.25, 0.3) is 0 Å². The third-order valence-corrected chi connectivity index (χ3v) is 2.64. The number of rotatable bonds is 4. The highest BCUT2D eigenvalue weighted by atomic mass is 32.1. The van der Waals surface area contributed by atoms with Crippen LogP contribution in [-0.2, 0) is 11.2 Å². The molecule has 0 spiro atoms. The van der Waals surface area contributed by atoms with Crippen molar-refractivity contribution in [2.24, 2.45) is 0 Å². The summed E-state index contributed by atoms with van der Waals surface area (Å²) in [7, 11) is 1.70. The molecule has 1 aromatic rings. The number of nitrogens with zero attached hydrogens (tertiary/aromatic N) is 1. The third kappa shape index (κ3) is 5.24. The van der Waals surface area contributed by atoms with Crippen LogP contribution in [0.4, 0.5) is 0 Å². The number of thiol groups is 1. The predicted octanol–water partition coefficient (Wildman–Crippen LogP) is 1.75. The summed E-state index contributed by atoms with van der Waals surface area (Å²) in [5, 5.41) is 9.64. The van der Waals surface area contributed by atoms with Gasteiger partial charge in [-0.05, 0) is 31.5 Å². The monoisotopic (exact) mass is 253 g/mol. The van der Waals surface area contributed by atoms with Gasteiger partial charge >= 0.3 is 0 Å². The Morgan fingerprint density at radius 1 is 1.35 bits per heavy atom. The summed E-state index contributed by atoms with van der Waals surface area (Å²) in [6.07, 6.45) is 0.348. The van der Waals surface area contributed by atoms with E-state index in [4.69, 9.17) is 0 Å². The number of amides is 1. The van der Waals surface area contributed by atoms with E-state index in [1.165, 1.54) is 0 Å². The molecule has 0 radical (unpaired) electrons. The summed E-state index contributed by atoms with van der Waals surface area (Å²) in [6.45, 7) is 3.70. The summed E-state index contributed by atoms with van der Waals surface area (Å²) < 4.78 is 0. The van der Waals surface area contributed by atoms with Crippen LogP contribution in [0.1, 0.15) is 19.4 Å². The molecule has 1 N–H and O–H groups in total. The number of benzene rings is 1. The fourth-order valence-electron chi connectivity index (χ4n) is 1.59. The summed E-state index contributed by atoms with van der Waals surface area (Å²) in [5.41, 5.74) is 0.0923. The Labute approximate surface area is 108 Å². The molecule has 4 heteroatoms. The van der Waals surface area contributed by atoms with Crippen molar-refractivity contribution in [2.45, 2.75) is 30.8 Å². The molecular formula is C13H19NO2S. The van der Waals surface area contributed by atoms with Gasteiger partial charge in [0.2, 0.25) is 5.91 Å². The van der Waals surface area contributed by atoms with Crippen molar-refractivity contribution in [1.82, 2.24) is 4.90 Å². The molecule has 0 saturated heterocycles. The molecule has 1 rings (SSSR count). The van der Waals surface area contributed by atoms with Gasteiger partial charge < -0.3 is 10.0 Å². The van der Waals surface area contributed by atoms with Gasteiger partial charge in [0, 0.05) is 18.5 Å². The maximum atomic E-state index is 11.9. The fourth-order valence-corrected chi connectivity index (χ4v) is 1.74. The molecule has 0 aliphatic carbocycles. The molecule has 0 bridgehead atoms. The average molecular weight is 253 g/mol. The highest BCUT2D eigenvalue weighted by Gasteiger charge is 2.19. The van der Waals surface area contributed by atoms with E-state index in [0.29, 0.717) is 13.0 Å². The van der Waals surface area contributed by atoms with E-state index in [1.54, 1.807) is 25.8 Å². The molecule has 0 unspecified atom stereocenters. The number of carbonyl (C=O) groups excluding carboxylic acids is 1. The molecule has 0 aliphatic heterocycles. The van der Waals surface area contributed by atoms with Crippen molar-refractivity contribution < 1.29 is 9.90 Å². The second-order valence-electron chi connectivity index (χ2n) is 4.91. The molecule has 3 nitrogen and oxygen atoms in total. The fraction of sp³-hybridized carbons (Fsp3) is 0.462. The number of hydrogen-bond donors (Lipinski definition) is 2. The van der Waals surface area contributed by atoms with Gasteiger partial charge in [-0.25, -0.2) is 0 Å². The Kier molecular flexibility index (Phi) is 4.60. The Hall–Kier alpha value is -1.00. The van der Waals surface area contributed by atoms with Gasteiger partial charge in [-0.15, -0.1) is 12.6 Å². The van der Waals surface area contributed by atoms with E-state index in [9.17, 15) is 9.90 Å². The first-order valence-electron chi connectivity index (χ1n) is 5.52. The van der Waals surface area contributed by atoms with Crippen molar-refractivity contribution in [3.8, 4) is 0 Å². The second-order valence-corrected chi connectivity index (χ2v) is 5.42. The average Bonchev–Trinajstić information content (AvgIpc) is 2.19. The minimum atomic E-state index is -0.862. The van der Waals surface area contributed by atoms with E-state index in [1.807, 2.05) is 24.3 Å². The van der Waals surface area contributed by atoms with Gasteiger partial charge in [0.05, 0.1) is 12.0 Å². The third-order valence-electron chi connectivity index (χ3n) is 2.34. The Balaban J connectivity index is 2.57. The molecule has 94 valence electrons. The molecule has 0 atom stereocenters. The minimum absolute atomic E-state index is 0.000890. The Morgan fingerprint density at radius 2 is 1.88 bits per heavy atom. The lowest BCUT2D eigenvalue weighted by atomic mass is 10.1. The first-order chi connectivity index (χ1) is 7.78. The molecule has 1 amide bonds. The highest BCUT2D eigenvalue weighted by Crippen LogP contribution is 2.10. The molecular weight excluding hydrogens is 234 g/mol. The predicted molar refractivity (Wildman–Crippen MR) is 71.3 cm³/mol. The van der Waals surface area contributed by atoms with Gasteiger partial charge in [-0.3, -0.25) is 4.79 Å². The lowest BCUT2D eigenvalue weighted by molar-refractivity contribution is -0.131. The molecule has 17 heavy (non-hydrogen) atoms. The van der Waals surface area contributed by atoms with Gasteiger partial charge in [-0.2, -0.15) is 0 Å². The largest absolute Gasteiger partial charge is 0.389 e. The highest BCUT2D eigenvalue weighted by molar-refractivity contribution is 7.80. The zero-order valence-corrected chi connectivity index (χ0v) is 11.4. The second kappa shape index (κ2) is 5.56. The number of aliphatic hydroxyl groups is 1. The van der Waals surface area contributed by atoms with Gasteiger partial charge in [-0.1, -0.05) is 12.1 Å². The van der Waals surface area contributed by atoms with Gasteiger partial charge in [0.15, 0.2) is 0 Å². The molecule has 0 heterocycles. The van der Waals surface area contributed by atoms with Crippen LogP contribution >= 0.6 is 12.6 Å². The molecule has 0 fully saturated rings. The topological polar surface area (TPSA) is 40.5 Å².